The second kappa shape index (κ2) is 6.58. The minimum Gasteiger partial charge on any atom is -0.465 e. The van der Waals surface area contributed by atoms with E-state index < -0.39 is 0 Å². The van der Waals surface area contributed by atoms with E-state index in [-0.39, 0.29) is 12.6 Å². The predicted octanol–water partition coefficient (Wildman–Crippen LogP) is 2.92. The number of hydrogen-bond acceptors (Lipinski definition) is 6. The minimum absolute atomic E-state index is 0.215. The van der Waals surface area contributed by atoms with E-state index in [0.717, 1.165) is 11.3 Å². The number of carbonyl (C=O) groups excluding carboxylic acids is 1. The van der Waals surface area contributed by atoms with Gasteiger partial charge < -0.3 is 14.5 Å². The first kappa shape index (κ1) is 15.3. The van der Waals surface area contributed by atoms with Crippen molar-refractivity contribution in [1.82, 2.24) is 10.2 Å². The Labute approximate surface area is 127 Å². The standard InChI is InChI=1S/C14H16ClN3O3/c1-8-9(2)21-10(3)13(8)14(19)20-7-6-16-12-5-4-11(15)17-18-12/h4-5H,6-7H2,1-3H3,(H,16,18). The van der Waals surface area contributed by atoms with Crippen LogP contribution >= 0.6 is 11.6 Å². The molecule has 0 saturated heterocycles. The zero-order valence-corrected chi connectivity index (χ0v) is 12.8. The number of aryl methyl sites for hydroxylation is 2. The van der Waals surface area contributed by atoms with Crippen LogP contribution in [0, 0.1) is 20.8 Å². The molecule has 0 aliphatic heterocycles. The van der Waals surface area contributed by atoms with Crippen LogP contribution in [0.2, 0.25) is 5.15 Å². The average molecular weight is 310 g/mol. The minimum atomic E-state index is -0.383. The van der Waals surface area contributed by atoms with Crippen molar-refractivity contribution in [3.63, 3.8) is 0 Å². The van der Waals surface area contributed by atoms with Gasteiger partial charge >= 0.3 is 5.97 Å². The number of nitrogens with zero attached hydrogens (tertiary/aromatic N) is 2. The Kier molecular flexibility index (Phi) is 4.80. The van der Waals surface area contributed by atoms with E-state index in [1.54, 1.807) is 19.1 Å². The van der Waals surface area contributed by atoms with Gasteiger partial charge in [-0.25, -0.2) is 4.79 Å². The summed E-state index contributed by atoms with van der Waals surface area (Å²) in [5.74, 6) is 1.49. The van der Waals surface area contributed by atoms with Crippen LogP contribution in [0.3, 0.4) is 0 Å². The summed E-state index contributed by atoms with van der Waals surface area (Å²) in [5, 5.41) is 10.8. The van der Waals surface area contributed by atoms with E-state index in [4.69, 9.17) is 20.8 Å². The van der Waals surface area contributed by atoms with Crippen molar-refractivity contribution in [2.45, 2.75) is 20.8 Å². The molecule has 2 rings (SSSR count). The first-order valence-corrected chi connectivity index (χ1v) is 6.83. The topological polar surface area (TPSA) is 77.2 Å². The number of anilines is 1. The fraction of sp³-hybridized carbons (Fsp3) is 0.357. The number of carbonyl (C=O) groups is 1. The molecule has 0 atom stereocenters. The third-order valence-corrected chi connectivity index (χ3v) is 3.24. The number of halogens is 1. The summed E-state index contributed by atoms with van der Waals surface area (Å²) in [6.45, 7) is 6.05. The van der Waals surface area contributed by atoms with E-state index in [2.05, 4.69) is 15.5 Å². The van der Waals surface area contributed by atoms with E-state index in [9.17, 15) is 4.79 Å². The number of nitrogens with one attached hydrogen (secondary N) is 1. The van der Waals surface area contributed by atoms with Crippen molar-refractivity contribution in [3.05, 3.63) is 39.9 Å². The Morgan fingerprint density at radius 1 is 1.29 bits per heavy atom. The summed E-state index contributed by atoms with van der Waals surface area (Å²) in [7, 11) is 0. The van der Waals surface area contributed by atoms with Gasteiger partial charge in [0.1, 0.15) is 29.5 Å². The zero-order chi connectivity index (χ0) is 15.4. The molecule has 112 valence electrons. The van der Waals surface area contributed by atoms with Crippen LogP contribution in [0.1, 0.15) is 27.4 Å². The van der Waals surface area contributed by atoms with Crippen LogP contribution in [0.5, 0.6) is 0 Å². The molecule has 7 heteroatoms. The van der Waals surface area contributed by atoms with E-state index >= 15 is 0 Å². The molecule has 0 aromatic carbocycles. The third kappa shape index (κ3) is 3.72. The van der Waals surface area contributed by atoms with Gasteiger partial charge in [-0.2, -0.15) is 0 Å². The molecular weight excluding hydrogens is 294 g/mol. The molecule has 0 bridgehead atoms. The highest BCUT2D eigenvalue weighted by molar-refractivity contribution is 6.29. The Hall–Kier alpha value is -2.08. The molecule has 0 aliphatic rings. The van der Waals surface area contributed by atoms with Crippen molar-refractivity contribution in [3.8, 4) is 0 Å². The molecule has 0 radical (unpaired) electrons. The Balaban J connectivity index is 1.83. The molecule has 6 nitrogen and oxygen atoms in total. The Morgan fingerprint density at radius 3 is 2.62 bits per heavy atom. The smallest absolute Gasteiger partial charge is 0.342 e. The fourth-order valence-electron chi connectivity index (χ4n) is 1.90. The highest BCUT2D eigenvalue weighted by Gasteiger charge is 2.19. The van der Waals surface area contributed by atoms with Crippen LogP contribution in [0.15, 0.2) is 16.5 Å². The van der Waals surface area contributed by atoms with Gasteiger partial charge in [-0.1, -0.05) is 11.6 Å². The molecule has 2 aromatic rings. The van der Waals surface area contributed by atoms with Gasteiger partial charge in [0.25, 0.3) is 0 Å². The second-order valence-corrected chi connectivity index (χ2v) is 4.91. The van der Waals surface area contributed by atoms with Crippen molar-refractivity contribution >= 4 is 23.4 Å². The number of hydrogen-bond donors (Lipinski definition) is 1. The zero-order valence-electron chi connectivity index (χ0n) is 12.1. The molecule has 2 heterocycles. The van der Waals surface area contributed by atoms with E-state index in [0.29, 0.717) is 28.8 Å². The number of aromatic nitrogens is 2. The quantitative estimate of drug-likeness (QED) is 0.676. The van der Waals surface area contributed by atoms with E-state index in [1.807, 2.05) is 13.8 Å². The maximum absolute atomic E-state index is 12.0. The molecule has 1 N–H and O–H groups in total. The summed E-state index contributed by atoms with van der Waals surface area (Å²) in [6, 6.07) is 3.33. The van der Waals surface area contributed by atoms with Crippen molar-refractivity contribution in [2.75, 3.05) is 18.5 Å². The monoisotopic (exact) mass is 309 g/mol. The lowest BCUT2D eigenvalue weighted by Crippen LogP contribution is -2.15. The molecule has 0 fully saturated rings. The lowest BCUT2D eigenvalue weighted by molar-refractivity contribution is 0.0518. The molecule has 21 heavy (non-hydrogen) atoms. The van der Waals surface area contributed by atoms with Gasteiger partial charge in [-0.05, 0) is 32.9 Å². The lowest BCUT2D eigenvalue weighted by Gasteiger charge is -2.06. The van der Waals surface area contributed by atoms with Crippen LogP contribution in [-0.4, -0.2) is 29.3 Å². The second-order valence-electron chi connectivity index (χ2n) is 4.52. The van der Waals surface area contributed by atoms with E-state index in [1.165, 1.54) is 0 Å². The van der Waals surface area contributed by atoms with Gasteiger partial charge in [0.15, 0.2) is 5.15 Å². The Bertz CT molecular complexity index is 638. The van der Waals surface area contributed by atoms with Crippen LogP contribution in [-0.2, 0) is 4.74 Å². The van der Waals surface area contributed by atoms with Crippen molar-refractivity contribution in [2.24, 2.45) is 0 Å². The number of esters is 1. The van der Waals surface area contributed by atoms with Crippen molar-refractivity contribution in [1.29, 1.82) is 0 Å². The summed E-state index contributed by atoms with van der Waals surface area (Å²) in [5.41, 5.74) is 1.31. The molecule has 0 spiro atoms. The number of rotatable bonds is 5. The predicted molar refractivity (Wildman–Crippen MR) is 78.7 cm³/mol. The normalized spacial score (nSPS) is 10.5. The highest BCUT2D eigenvalue weighted by Crippen LogP contribution is 2.21. The lowest BCUT2D eigenvalue weighted by atomic mass is 10.1. The Morgan fingerprint density at radius 2 is 2.05 bits per heavy atom. The van der Waals surface area contributed by atoms with Gasteiger partial charge in [0.05, 0.1) is 6.54 Å². The van der Waals surface area contributed by atoms with Crippen LogP contribution < -0.4 is 5.32 Å². The summed E-state index contributed by atoms with van der Waals surface area (Å²) >= 11 is 5.63. The largest absolute Gasteiger partial charge is 0.465 e. The van der Waals surface area contributed by atoms with Crippen LogP contribution in [0.4, 0.5) is 5.82 Å². The molecule has 0 amide bonds. The summed E-state index contributed by atoms with van der Waals surface area (Å²) in [4.78, 5) is 12.0. The molecule has 2 aromatic heterocycles. The first-order chi connectivity index (χ1) is 9.99. The van der Waals surface area contributed by atoms with Gasteiger partial charge in [0, 0.05) is 5.56 Å². The van der Waals surface area contributed by atoms with Gasteiger partial charge in [-0.15, -0.1) is 10.2 Å². The maximum atomic E-state index is 12.0. The fourth-order valence-corrected chi connectivity index (χ4v) is 2.00. The molecular formula is C14H16ClN3O3. The molecule has 0 saturated carbocycles. The first-order valence-electron chi connectivity index (χ1n) is 6.46. The number of furan rings is 1. The molecule has 0 unspecified atom stereocenters. The summed E-state index contributed by atoms with van der Waals surface area (Å²) < 4.78 is 10.6. The number of ether oxygens (including phenoxy) is 1. The highest BCUT2D eigenvalue weighted by atomic mass is 35.5. The van der Waals surface area contributed by atoms with Crippen molar-refractivity contribution < 1.29 is 13.9 Å². The van der Waals surface area contributed by atoms with Crippen LogP contribution in [0.25, 0.3) is 0 Å². The van der Waals surface area contributed by atoms with Gasteiger partial charge in [0.2, 0.25) is 0 Å². The molecule has 0 aliphatic carbocycles. The van der Waals surface area contributed by atoms with Gasteiger partial charge in [-0.3, -0.25) is 0 Å². The maximum Gasteiger partial charge on any atom is 0.342 e. The SMILES string of the molecule is Cc1oc(C)c(C(=O)OCCNc2ccc(Cl)nn2)c1C. The third-order valence-electron chi connectivity index (χ3n) is 3.04. The summed E-state index contributed by atoms with van der Waals surface area (Å²) in [6.07, 6.45) is 0. The average Bonchev–Trinajstić information content (AvgIpc) is 2.70.